The van der Waals surface area contributed by atoms with Gasteiger partial charge in [-0.25, -0.2) is 15.0 Å². The van der Waals surface area contributed by atoms with Crippen LogP contribution in [0.5, 0.6) is 0 Å². The normalized spacial score (nSPS) is 11.4. The largest absolute Gasteiger partial charge is 0.455 e. The molecule has 3 aromatic heterocycles. The van der Waals surface area contributed by atoms with Crippen LogP contribution in [-0.4, -0.2) is 19.9 Å². The number of benzene rings is 6. The molecule has 9 aromatic rings. The predicted octanol–water partition coefficient (Wildman–Crippen LogP) is 10.7. The Balaban J connectivity index is 1.26. The van der Waals surface area contributed by atoms with Gasteiger partial charge in [0, 0.05) is 44.6 Å². The maximum atomic E-state index is 6.57. The van der Waals surface area contributed by atoms with Gasteiger partial charge in [-0.2, -0.15) is 0 Å². The highest BCUT2D eigenvalue weighted by Crippen LogP contribution is 2.43. The molecule has 0 radical (unpaired) electrons. The first-order chi connectivity index (χ1) is 23.3. The van der Waals surface area contributed by atoms with E-state index in [1.54, 1.807) is 0 Å². The summed E-state index contributed by atoms with van der Waals surface area (Å²) in [5.74, 6) is 1.90. The lowest BCUT2D eigenvalue weighted by Gasteiger charge is -2.11. The Kier molecular flexibility index (Phi) is 6.39. The van der Waals surface area contributed by atoms with Crippen molar-refractivity contribution < 1.29 is 4.42 Å². The number of nitrogens with zero attached hydrogens (tertiary/aromatic N) is 4. The quantitative estimate of drug-likeness (QED) is 0.196. The number of furan rings is 1. The topological polar surface area (TPSA) is 64.7 Å². The van der Waals surface area contributed by atoms with E-state index in [0.29, 0.717) is 17.5 Å². The Hall–Kier alpha value is -6.46. The molecule has 0 bridgehead atoms. The van der Waals surface area contributed by atoms with E-state index in [0.717, 1.165) is 71.8 Å². The maximum absolute atomic E-state index is 6.57. The molecular formula is C42H26N4O. The molecule has 0 unspecified atom stereocenters. The zero-order chi connectivity index (χ0) is 31.2. The van der Waals surface area contributed by atoms with Gasteiger partial charge in [0.25, 0.3) is 0 Å². The molecule has 0 fully saturated rings. The molecule has 3 heterocycles. The van der Waals surface area contributed by atoms with E-state index < -0.39 is 0 Å². The Morgan fingerprint density at radius 2 is 1.00 bits per heavy atom. The van der Waals surface area contributed by atoms with E-state index in [1.165, 1.54) is 0 Å². The van der Waals surface area contributed by atoms with E-state index in [-0.39, 0.29) is 0 Å². The molecule has 0 atom stereocenters. The van der Waals surface area contributed by atoms with Gasteiger partial charge in [0.05, 0.1) is 5.69 Å². The van der Waals surface area contributed by atoms with Crippen LogP contribution >= 0.6 is 0 Å². The van der Waals surface area contributed by atoms with E-state index in [9.17, 15) is 0 Å². The molecule has 0 amide bonds. The van der Waals surface area contributed by atoms with Gasteiger partial charge in [-0.05, 0) is 46.8 Å². The summed E-state index contributed by atoms with van der Waals surface area (Å²) in [4.78, 5) is 19.5. The molecule has 220 valence electrons. The molecule has 0 aliphatic heterocycles. The third-order valence-corrected chi connectivity index (χ3v) is 8.57. The summed E-state index contributed by atoms with van der Waals surface area (Å²) in [7, 11) is 0. The first-order valence-corrected chi connectivity index (χ1v) is 15.6. The molecule has 0 aliphatic carbocycles. The SMILES string of the molecule is c1ccc(-c2nc(-c3ccccc3)nc(-c3cccc(-c4cc5c(oc6cccc(-c7ccccn7)c65)c5ccccc45)c3)n2)cc1. The standard InChI is InChI=1S/C42H26N4O/c1-3-13-27(14-4-1)40-44-41(28-15-5-2-6-16-28)46-42(45-40)30-18-11-17-29(25-30)34-26-35-38-33(36-22-9-10-24-43-36)21-12-23-37(38)47-39(35)32-20-8-7-19-31(32)34/h1-26H. The second kappa shape index (κ2) is 11.2. The fraction of sp³-hybridized carbons (Fsp3) is 0. The second-order valence-corrected chi connectivity index (χ2v) is 11.5. The zero-order valence-electron chi connectivity index (χ0n) is 25.2. The van der Waals surface area contributed by atoms with Gasteiger partial charge in [-0.15, -0.1) is 0 Å². The number of hydrogen-bond acceptors (Lipinski definition) is 5. The van der Waals surface area contributed by atoms with E-state index in [2.05, 4.69) is 65.6 Å². The Labute approximate surface area is 270 Å². The molecule has 0 saturated heterocycles. The number of aromatic nitrogens is 4. The van der Waals surface area contributed by atoms with Gasteiger partial charge in [0.2, 0.25) is 0 Å². The van der Waals surface area contributed by atoms with Crippen LogP contribution < -0.4 is 0 Å². The first-order valence-electron chi connectivity index (χ1n) is 15.6. The van der Waals surface area contributed by atoms with Crippen molar-refractivity contribution in [3.8, 4) is 56.5 Å². The third kappa shape index (κ3) is 4.73. The molecule has 6 aromatic carbocycles. The van der Waals surface area contributed by atoms with Crippen LogP contribution in [-0.2, 0) is 0 Å². The van der Waals surface area contributed by atoms with Gasteiger partial charge >= 0.3 is 0 Å². The summed E-state index contributed by atoms with van der Waals surface area (Å²) in [6, 6.07) is 51.5. The van der Waals surface area contributed by atoms with Gasteiger partial charge in [-0.3, -0.25) is 4.98 Å². The van der Waals surface area contributed by atoms with Gasteiger partial charge in [0.1, 0.15) is 11.2 Å². The van der Waals surface area contributed by atoms with Crippen LogP contribution in [0.4, 0.5) is 0 Å². The van der Waals surface area contributed by atoms with Gasteiger partial charge < -0.3 is 4.42 Å². The molecule has 0 aliphatic rings. The van der Waals surface area contributed by atoms with Crippen LogP contribution in [0.1, 0.15) is 0 Å². The third-order valence-electron chi connectivity index (χ3n) is 8.57. The molecular weight excluding hydrogens is 576 g/mol. The summed E-state index contributed by atoms with van der Waals surface area (Å²) in [5, 5.41) is 4.28. The summed E-state index contributed by atoms with van der Waals surface area (Å²) in [5.41, 5.74) is 8.63. The zero-order valence-corrected chi connectivity index (χ0v) is 25.2. The number of rotatable bonds is 5. The Morgan fingerprint density at radius 3 is 1.70 bits per heavy atom. The van der Waals surface area contributed by atoms with Crippen LogP contribution in [0.2, 0.25) is 0 Å². The molecule has 5 nitrogen and oxygen atoms in total. The lowest BCUT2D eigenvalue weighted by atomic mass is 9.93. The highest BCUT2D eigenvalue weighted by molar-refractivity contribution is 6.22. The van der Waals surface area contributed by atoms with Crippen molar-refractivity contribution in [2.45, 2.75) is 0 Å². The smallest absolute Gasteiger partial charge is 0.164 e. The highest BCUT2D eigenvalue weighted by atomic mass is 16.3. The molecule has 5 heteroatoms. The maximum Gasteiger partial charge on any atom is 0.164 e. The fourth-order valence-electron chi connectivity index (χ4n) is 6.39. The van der Waals surface area contributed by atoms with E-state index >= 15 is 0 Å². The number of hydrogen-bond donors (Lipinski definition) is 0. The Bertz CT molecular complexity index is 2500. The first kappa shape index (κ1) is 26.9. The lowest BCUT2D eigenvalue weighted by molar-refractivity contribution is 0.673. The minimum atomic E-state index is 0.621. The van der Waals surface area contributed by atoms with Crippen molar-refractivity contribution in [1.82, 2.24) is 19.9 Å². The predicted molar refractivity (Wildman–Crippen MR) is 190 cm³/mol. The fourth-order valence-corrected chi connectivity index (χ4v) is 6.39. The van der Waals surface area contributed by atoms with Crippen molar-refractivity contribution >= 4 is 32.7 Å². The van der Waals surface area contributed by atoms with Crippen molar-refractivity contribution in [1.29, 1.82) is 0 Å². The summed E-state index contributed by atoms with van der Waals surface area (Å²) < 4.78 is 6.57. The van der Waals surface area contributed by atoms with E-state index in [1.807, 2.05) is 97.2 Å². The number of fused-ring (bicyclic) bond motifs is 5. The van der Waals surface area contributed by atoms with Crippen molar-refractivity contribution in [3.63, 3.8) is 0 Å². The minimum Gasteiger partial charge on any atom is -0.455 e. The van der Waals surface area contributed by atoms with Crippen molar-refractivity contribution in [2.75, 3.05) is 0 Å². The summed E-state index contributed by atoms with van der Waals surface area (Å²) >= 11 is 0. The molecule has 0 saturated carbocycles. The second-order valence-electron chi connectivity index (χ2n) is 11.5. The van der Waals surface area contributed by atoms with Crippen molar-refractivity contribution in [2.24, 2.45) is 0 Å². The monoisotopic (exact) mass is 602 g/mol. The van der Waals surface area contributed by atoms with E-state index in [4.69, 9.17) is 19.4 Å². The number of pyridine rings is 1. The summed E-state index contributed by atoms with van der Waals surface area (Å²) in [6.07, 6.45) is 1.83. The van der Waals surface area contributed by atoms with Gasteiger partial charge in [-0.1, -0.05) is 121 Å². The lowest BCUT2D eigenvalue weighted by Crippen LogP contribution is -2.00. The summed E-state index contributed by atoms with van der Waals surface area (Å²) in [6.45, 7) is 0. The van der Waals surface area contributed by atoms with Gasteiger partial charge in [0.15, 0.2) is 17.5 Å². The van der Waals surface area contributed by atoms with Crippen LogP contribution in [0, 0.1) is 0 Å². The molecule has 9 rings (SSSR count). The average Bonchev–Trinajstić information content (AvgIpc) is 3.55. The molecule has 0 N–H and O–H groups in total. The minimum absolute atomic E-state index is 0.621. The van der Waals surface area contributed by atoms with Crippen molar-refractivity contribution in [3.05, 3.63) is 158 Å². The highest BCUT2D eigenvalue weighted by Gasteiger charge is 2.19. The average molecular weight is 603 g/mol. The molecule has 0 spiro atoms. The van der Waals surface area contributed by atoms with Crippen LogP contribution in [0.15, 0.2) is 162 Å². The van der Waals surface area contributed by atoms with Crippen LogP contribution in [0.3, 0.4) is 0 Å². The molecule has 47 heavy (non-hydrogen) atoms. The van der Waals surface area contributed by atoms with Crippen LogP contribution in [0.25, 0.3) is 89.3 Å². The Morgan fingerprint density at radius 1 is 0.404 bits per heavy atom.